The molecule has 0 unspecified atom stereocenters. The van der Waals surface area contributed by atoms with E-state index in [0.717, 1.165) is 5.56 Å². The summed E-state index contributed by atoms with van der Waals surface area (Å²) in [7, 11) is 0. The summed E-state index contributed by atoms with van der Waals surface area (Å²) in [6.45, 7) is 4.27. The van der Waals surface area contributed by atoms with Crippen molar-refractivity contribution in [3.63, 3.8) is 0 Å². The van der Waals surface area contributed by atoms with Crippen LogP contribution in [0.4, 0.5) is 4.79 Å². The molecule has 0 spiro atoms. The van der Waals surface area contributed by atoms with Gasteiger partial charge in [-0.1, -0.05) is 30.3 Å². The first kappa shape index (κ1) is 13.5. The van der Waals surface area contributed by atoms with Gasteiger partial charge in [-0.25, -0.2) is 4.79 Å². The van der Waals surface area contributed by atoms with E-state index in [9.17, 15) is 4.79 Å². The van der Waals surface area contributed by atoms with Gasteiger partial charge >= 0.3 is 6.09 Å². The Labute approximate surface area is 102 Å². The van der Waals surface area contributed by atoms with E-state index in [0.29, 0.717) is 6.54 Å². The molecule has 1 N–H and O–H groups in total. The van der Waals surface area contributed by atoms with Crippen LogP contribution in [0.5, 0.6) is 0 Å². The highest BCUT2D eigenvalue weighted by Crippen LogP contribution is 2.06. The lowest BCUT2D eigenvalue weighted by Crippen LogP contribution is -2.34. The monoisotopic (exact) mass is 237 g/mol. The van der Waals surface area contributed by atoms with Crippen LogP contribution >= 0.6 is 0 Å². The predicted molar refractivity (Wildman–Crippen MR) is 65.6 cm³/mol. The van der Waals surface area contributed by atoms with E-state index in [1.807, 2.05) is 30.3 Å². The average molecular weight is 237 g/mol. The lowest BCUT2D eigenvalue weighted by atomic mass is 10.2. The number of ether oxygens (including phenoxy) is 1. The molecule has 0 aliphatic carbocycles. The molecule has 1 aromatic rings. The van der Waals surface area contributed by atoms with Crippen LogP contribution < -0.4 is 0 Å². The fraction of sp³-hybridized carbons (Fsp3) is 0.462. The number of hydrogen-bond donors (Lipinski definition) is 1. The first-order valence-electron chi connectivity index (χ1n) is 5.74. The second kappa shape index (κ2) is 6.91. The minimum absolute atomic E-state index is 0.0694. The van der Waals surface area contributed by atoms with Gasteiger partial charge in [0.15, 0.2) is 0 Å². The molecule has 0 radical (unpaired) electrons. The van der Waals surface area contributed by atoms with Crippen molar-refractivity contribution in [3.8, 4) is 0 Å². The Hall–Kier alpha value is -1.55. The highest BCUT2D eigenvalue weighted by Gasteiger charge is 2.15. The van der Waals surface area contributed by atoms with Gasteiger partial charge in [-0.15, -0.1) is 0 Å². The van der Waals surface area contributed by atoms with Gasteiger partial charge < -0.3 is 14.7 Å². The fourth-order valence-corrected chi connectivity index (χ4v) is 1.44. The number of rotatable bonds is 5. The molecule has 1 amide bonds. The molecular formula is C13H19NO3. The average Bonchev–Trinajstić information content (AvgIpc) is 2.29. The molecule has 0 bridgehead atoms. The molecule has 0 saturated carbocycles. The van der Waals surface area contributed by atoms with Crippen molar-refractivity contribution in [1.82, 2.24) is 4.90 Å². The molecule has 0 atom stereocenters. The van der Waals surface area contributed by atoms with Crippen LogP contribution in [0.2, 0.25) is 0 Å². The number of hydrogen-bond acceptors (Lipinski definition) is 3. The van der Waals surface area contributed by atoms with Crippen LogP contribution in [0.1, 0.15) is 19.4 Å². The zero-order chi connectivity index (χ0) is 12.7. The number of aliphatic hydroxyl groups excluding tert-OH is 1. The topological polar surface area (TPSA) is 49.8 Å². The summed E-state index contributed by atoms with van der Waals surface area (Å²) in [5.41, 5.74) is 1.02. The third-order valence-electron chi connectivity index (χ3n) is 2.18. The van der Waals surface area contributed by atoms with Crippen molar-refractivity contribution in [3.05, 3.63) is 35.9 Å². The molecule has 0 aliphatic rings. The molecule has 1 rings (SSSR count). The molecule has 17 heavy (non-hydrogen) atoms. The van der Waals surface area contributed by atoms with Gasteiger partial charge in [0, 0.05) is 13.1 Å². The zero-order valence-electron chi connectivity index (χ0n) is 10.3. The summed E-state index contributed by atoms with van der Waals surface area (Å²) in [6.07, 6.45) is -0.544. The molecule has 1 aromatic carbocycles. The second-order valence-electron chi connectivity index (χ2n) is 4.06. The predicted octanol–water partition coefficient (Wildman–Crippen LogP) is 2.03. The third kappa shape index (κ3) is 4.87. The minimum Gasteiger partial charge on any atom is -0.447 e. The number of amides is 1. The molecule has 0 aliphatic heterocycles. The summed E-state index contributed by atoms with van der Waals surface area (Å²) in [6, 6.07) is 9.63. The van der Waals surface area contributed by atoms with Crippen LogP contribution in [0.3, 0.4) is 0 Å². The maximum Gasteiger partial charge on any atom is 0.410 e. The Balaban J connectivity index is 2.63. The summed E-state index contributed by atoms with van der Waals surface area (Å²) < 4.78 is 5.11. The van der Waals surface area contributed by atoms with Gasteiger partial charge in [0.05, 0.1) is 12.7 Å². The second-order valence-corrected chi connectivity index (χ2v) is 4.06. The van der Waals surface area contributed by atoms with Crippen LogP contribution in [0.15, 0.2) is 30.3 Å². The summed E-state index contributed by atoms with van der Waals surface area (Å²) >= 11 is 0. The molecule has 4 nitrogen and oxygen atoms in total. The molecule has 0 fully saturated rings. The fourth-order valence-electron chi connectivity index (χ4n) is 1.44. The Morgan fingerprint density at radius 1 is 1.35 bits per heavy atom. The van der Waals surface area contributed by atoms with E-state index in [1.54, 1.807) is 13.8 Å². The van der Waals surface area contributed by atoms with Crippen molar-refractivity contribution in [1.29, 1.82) is 0 Å². The number of nitrogens with zero attached hydrogens (tertiary/aromatic N) is 1. The SMILES string of the molecule is CC(C)OC(=O)N(CCO)Cc1ccccc1. The molecule has 0 saturated heterocycles. The minimum atomic E-state index is -0.391. The van der Waals surface area contributed by atoms with Crippen molar-refractivity contribution in [2.24, 2.45) is 0 Å². The summed E-state index contributed by atoms with van der Waals surface area (Å²) in [5.74, 6) is 0. The van der Waals surface area contributed by atoms with Gasteiger partial charge in [-0.2, -0.15) is 0 Å². The van der Waals surface area contributed by atoms with Gasteiger partial charge in [0.1, 0.15) is 0 Å². The van der Waals surface area contributed by atoms with E-state index in [1.165, 1.54) is 4.90 Å². The van der Waals surface area contributed by atoms with Crippen molar-refractivity contribution in [2.45, 2.75) is 26.5 Å². The standard InChI is InChI=1S/C13H19NO3/c1-11(2)17-13(16)14(8-9-15)10-12-6-4-3-5-7-12/h3-7,11,15H,8-10H2,1-2H3. The first-order chi connectivity index (χ1) is 8.13. The Morgan fingerprint density at radius 2 is 2.00 bits per heavy atom. The van der Waals surface area contributed by atoms with E-state index < -0.39 is 6.09 Å². The summed E-state index contributed by atoms with van der Waals surface area (Å²) in [5, 5.41) is 8.95. The van der Waals surface area contributed by atoms with Crippen LogP contribution in [0.25, 0.3) is 0 Å². The van der Waals surface area contributed by atoms with E-state index in [2.05, 4.69) is 0 Å². The van der Waals surface area contributed by atoms with Crippen LogP contribution in [0, 0.1) is 0 Å². The first-order valence-corrected chi connectivity index (χ1v) is 5.74. The smallest absolute Gasteiger partial charge is 0.410 e. The van der Waals surface area contributed by atoms with Crippen molar-refractivity contribution >= 4 is 6.09 Å². The molecule has 0 aromatic heterocycles. The number of carbonyl (C=O) groups is 1. The van der Waals surface area contributed by atoms with E-state index >= 15 is 0 Å². The van der Waals surface area contributed by atoms with Gasteiger partial charge in [0.2, 0.25) is 0 Å². The largest absolute Gasteiger partial charge is 0.447 e. The lowest BCUT2D eigenvalue weighted by Gasteiger charge is -2.22. The van der Waals surface area contributed by atoms with E-state index in [4.69, 9.17) is 9.84 Å². The molecular weight excluding hydrogens is 218 g/mol. The highest BCUT2D eigenvalue weighted by atomic mass is 16.6. The maximum atomic E-state index is 11.7. The Morgan fingerprint density at radius 3 is 2.53 bits per heavy atom. The Kier molecular flexibility index (Phi) is 5.49. The van der Waals surface area contributed by atoms with Crippen LogP contribution in [-0.2, 0) is 11.3 Å². The zero-order valence-corrected chi connectivity index (χ0v) is 10.3. The highest BCUT2D eigenvalue weighted by molar-refractivity contribution is 5.67. The molecule has 4 heteroatoms. The Bertz CT molecular complexity index is 338. The normalized spacial score (nSPS) is 10.4. The van der Waals surface area contributed by atoms with Gasteiger partial charge in [-0.3, -0.25) is 0 Å². The third-order valence-corrected chi connectivity index (χ3v) is 2.18. The van der Waals surface area contributed by atoms with E-state index in [-0.39, 0.29) is 19.3 Å². The molecule has 0 heterocycles. The number of aliphatic hydroxyl groups is 1. The van der Waals surface area contributed by atoms with Crippen molar-refractivity contribution in [2.75, 3.05) is 13.2 Å². The van der Waals surface area contributed by atoms with Gasteiger partial charge in [0.25, 0.3) is 0 Å². The van der Waals surface area contributed by atoms with Crippen molar-refractivity contribution < 1.29 is 14.6 Å². The molecule has 94 valence electrons. The lowest BCUT2D eigenvalue weighted by molar-refractivity contribution is 0.0684. The number of carbonyl (C=O) groups excluding carboxylic acids is 1. The van der Waals surface area contributed by atoms with Crippen LogP contribution in [-0.4, -0.2) is 35.4 Å². The van der Waals surface area contributed by atoms with Gasteiger partial charge in [-0.05, 0) is 19.4 Å². The summed E-state index contributed by atoms with van der Waals surface area (Å²) in [4.78, 5) is 13.2. The maximum absolute atomic E-state index is 11.7. The number of benzene rings is 1. The quantitative estimate of drug-likeness (QED) is 0.852.